The lowest BCUT2D eigenvalue weighted by Gasteiger charge is -2.02. The number of hydrogen-bond donors (Lipinski definition) is 3. The van der Waals surface area contributed by atoms with Gasteiger partial charge < -0.3 is 20.3 Å². The van der Waals surface area contributed by atoms with Crippen molar-refractivity contribution in [1.82, 2.24) is 5.32 Å². The Bertz CT molecular complexity index is 386. The first-order chi connectivity index (χ1) is 8.72. The van der Waals surface area contributed by atoms with Crippen LogP contribution >= 0.6 is 0 Å². The molecular formula is C13H17NO4. The van der Waals surface area contributed by atoms with Gasteiger partial charge in [0.25, 0.3) is 0 Å². The highest BCUT2D eigenvalue weighted by Crippen LogP contribution is 2.10. The lowest BCUT2D eigenvalue weighted by molar-refractivity contribution is -0.116. The Morgan fingerprint density at radius 1 is 1.28 bits per heavy atom. The fourth-order valence-electron chi connectivity index (χ4n) is 1.23. The molecule has 5 nitrogen and oxygen atoms in total. The third-order valence-electron chi connectivity index (χ3n) is 2.10. The molecule has 0 fully saturated rings. The number of phenols is 1. The molecule has 1 aromatic rings. The number of benzene rings is 1. The molecule has 0 atom stereocenters. The van der Waals surface area contributed by atoms with E-state index >= 15 is 0 Å². The summed E-state index contributed by atoms with van der Waals surface area (Å²) < 4.78 is 4.99. The van der Waals surface area contributed by atoms with Crippen molar-refractivity contribution in [2.24, 2.45) is 0 Å². The summed E-state index contributed by atoms with van der Waals surface area (Å²) in [6.45, 7) is 1.03. The number of carbonyl (C=O) groups excluding carboxylic acids is 1. The van der Waals surface area contributed by atoms with E-state index in [1.807, 2.05) is 0 Å². The highest BCUT2D eigenvalue weighted by atomic mass is 16.5. The summed E-state index contributed by atoms with van der Waals surface area (Å²) in [6, 6.07) is 6.54. The Morgan fingerprint density at radius 3 is 2.67 bits per heavy atom. The van der Waals surface area contributed by atoms with Gasteiger partial charge in [-0.2, -0.15) is 0 Å². The van der Waals surface area contributed by atoms with E-state index in [4.69, 9.17) is 14.9 Å². The summed E-state index contributed by atoms with van der Waals surface area (Å²) in [5, 5.41) is 20.2. The van der Waals surface area contributed by atoms with Crippen LogP contribution in [-0.2, 0) is 9.53 Å². The number of ether oxygens (including phenoxy) is 1. The maximum absolute atomic E-state index is 11.4. The van der Waals surface area contributed by atoms with Crippen LogP contribution in [0.5, 0.6) is 5.75 Å². The average molecular weight is 251 g/mol. The number of aliphatic hydroxyl groups is 1. The van der Waals surface area contributed by atoms with Crippen LogP contribution in [0.2, 0.25) is 0 Å². The Morgan fingerprint density at radius 2 is 2.00 bits per heavy atom. The molecule has 0 aliphatic carbocycles. The minimum absolute atomic E-state index is 0.0191. The maximum Gasteiger partial charge on any atom is 0.244 e. The second kappa shape index (κ2) is 8.27. The first-order valence-electron chi connectivity index (χ1n) is 5.66. The van der Waals surface area contributed by atoms with Gasteiger partial charge in [0.05, 0.1) is 19.8 Å². The molecule has 3 N–H and O–H groups in total. The van der Waals surface area contributed by atoms with E-state index in [1.165, 1.54) is 6.08 Å². The molecule has 0 aliphatic rings. The van der Waals surface area contributed by atoms with Crippen LogP contribution in [0.1, 0.15) is 5.56 Å². The molecule has 1 amide bonds. The summed E-state index contributed by atoms with van der Waals surface area (Å²) in [6.07, 6.45) is 3.07. The SMILES string of the molecule is O=C(C=Cc1ccc(O)cc1)NCCOCCO. The Labute approximate surface area is 106 Å². The van der Waals surface area contributed by atoms with Gasteiger partial charge in [-0.05, 0) is 23.8 Å². The van der Waals surface area contributed by atoms with Crippen molar-refractivity contribution in [1.29, 1.82) is 0 Å². The van der Waals surface area contributed by atoms with E-state index in [9.17, 15) is 4.79 Å². The van der Waals surface area contributed by atoms with Crippen LogP contribution in [0.4, 0.5) is 0 Å². The van der Waals surface area contributed by atoms with Crippen molar-refractivity contribution in [3.63, 3.8) is 0 Å². The van der Waals surface area contributed by atoms with Crippen molar-refractivity contribution >= 4 is 12.0 Å². The zero-order valence-electron chi connectivity index (χ0n) is 10.0. The van der Waals surface area contributed by atoms with Gasteiger partial charge in [0.15, 0.2) is 0 Å². The van der Waals surface area contributed by atoms with Gasteiger partial charge in [0.1, 0.15) is 5.75 Å². The van der Waals surface area contributed by atoms with E-state index in [0.29, 0.717) is 13.2 Å². The van der Waals surface area contributed by atoms with Crippen molar-refractivity contribution in [3.05, 3.63) is 35.9 Å². The van der Waals surface area contributed by atoms with Crippen LogP contribution in [-0.4, -0.2) is 42.5 Å². The zero-order valence-corrected chi connectivity index (χ0v) is 10.0. The third kappa shape index (κ3) is 6.03. The summed E-state index contributed by atoms with van der Waals surface area (Å²) in [5.41, 5.74) is 0.833. The second-order valence-corrected chi connectivity index (χ2v) is 3.55. The fourth-order valence-corrected chi connectivity index (χ4v) is 1.23. The quantitative estimate of drug-likeness (QED) is 0.488. The highest BCUT2D eigenvalue weighted by molar-refractivity contribution is 5.91. The molecule has 1 aromatic carbocycles. The number of nitrogens with one attached hydrogen (secondary N) is 1. The molecule has 0 aliphatic heterocycles. The maximum atomic E-state index is 11.4. The first-order valence-corrected chi connectivity index (χ1v) is 5.66. The van der Waals surface area contributed by atoms with Crippen LogP contribution in [0.3, 0.4) is 0 Å². The average Bonchev–Trinajstić information content (AvgIpc) is 2.38. The van der Waals surface area contributed by atoms with Crippen molar-refractivity contribution in [2.75, 3.05) is 26.4 Å². The normalized spacial score (nSPS) is 10.7. The van der Waals surface area contributed by atoms with Crippen LogP contribution in [0.15, 0.2) is 30.3 Å². The van der Waals surface area contributed by atoms with Crippen LogP contribution in [0, 0.1) is 0 Å². The molecule has 0 bridgehead atoms. The lowest BCUT2D eigenvalue weighted by atomic mass is 10.2. The molecule has 0 heterocycles. The van der Waals surface area contributed by atoms with Gasteiger partial charge in [-0.15, -0.1) is 0 Å². The molecule has 0 saturated carbocycles. The van der Waals surface area contributed by atoms with Crippen LogP contribution in [0.25, 0.3) is 6.08 Å². The minimum Gasteiger partial charge on any atom is -0.508 e. The largest absolute Gasteiger partial charge is 0.508 e. The summed E-state index contributed by atoms with van der Waals surface area (Å²) in [5.74, 6) is -0.0201. The van der Waals surface area contributed by atoms with Crippen molar-refractivity contribution < 1.29 is 19.7 Å². The van der Waals surface area contributed by atoms with Gasteiger partial charge in [0.2, 0.25) is 5.91 Å². The standard InChI is InChI=1S/C13H17NO4/c15-8-10-18-9-7-14-13(17)6-3-11-1-4-12(16)5-2-11/h1-6,15-16H,7-10H2,(H,14,17). The molecule has 0 radical (unpaired) electrons. The predicted octanol–water partition coefficient (Wildman–Crippen LogP) is 0.530. The van der Waals surface area contributed by atoms with Gasteiger partial charge in [-0.3, -0.25) is 4.79 Å². The number of aliphatic hydroxyl groups excluding tert-OH is 1. The molecule has 98 valence electrons. The van der Waals surface area contributed by atoms with Crippen molar-refractivity contribution in [2.45, 2.75) is 0 Å². The predicted molar refractivity (Wildman–Crippen MR) is 68.1 cm³/mol. The third-order valence-corrected chi connectivity index (χ3v) is 2.10. The Balaban J connectivity index is 2.25. The number of hydrogen-bond acceptors (Lipinski definition) is 4. The fraction of sp³-hybridized carbons (Fsp3) is 0.308. The molecule has 0 saturated heterocycles. The van der Waals surface area contributed by atoms with Gasteiger partial charge in [-0.1, -0.05) is 12.1 Å². The molecule has 18 heavy (non-hydrogen) atoms. The van der Waals surface area contributed by atoms with E-state index in [0.717, 1.165) is 5.56 Å². The minimum atomic E-state index is -0.212. The zero-order chi connectivity index (χ0) is 13.2. The van der Waals surface area contributed by atoms with Crippen LogP contribution < -0.4 is 5.32 Å². The second-order valence-electron chi connectivity index (χ2n) is 3.55. The number of amides is 1. The number of rotatable bonds is 7. The molecule has 0 spiro atoms. The smallest absolute Gasteiger partial charge is 0.244 e. The number of aromatic hydroxyl groups is 1. The van der Waals surface area contributed by atoms with E-state index < -0.39 is 0 Å². The summed E-state index contributed by atoms with van der Waals surface area (Å²) >= 11 is 0. The number of carbonyl (C=O) groups is 1. The van der Waals surface area contributed by atoms with Crippen molar-refractivity contribution in [3.8, 4) is 5.75 Å². The van der Waals surface area contributed by atoms with Gasteiger partial charge >= 0.3 is 0 Å². The summed E-state index contributed by atoms with van der Waals surface area (Å²) in [7, 11) is 0. The lowest BCUT2D eigenvalue weighted by Crippen LogP contribution is -2.25. The molecule has 0 aromatic heterocycles. The van der Waals surface area contributed by atoms with E-state index in [-0.39, 0.29) is 24.9 Å². The summed E-state index contributed by atoms with van der Waals surface area (Å²) in [4.78, 5) is 11.4. The van der Waals surface area contributed by atoms with Gasteiger partial charge in [-0.25, -0.2) is 0 Å². The topological polar surface area (TPSA) is 78.8 Å². The molecule has 0 unspecified atom stereocenters. The Kier molecular flexibility index (Phi) is 6.53. The van der Waals surface area contributed by atoms with E-state index in [1.54, 1.807) is 30.3 Å². The van der Waals surface area contributed by atoms with Gasteiger partial charge in [0, 0.05) is 12.6 Å². The number of phenolic OH excluding ortho intramolecular Hbond substituents is 1. The van der Waals surface area contributed by atoms with E-state index in [2.05, 4.69) is 5.32 Å². The molecule has 1 rings (SSSR count). The molecular weight excluding hydrogens is 234 g/mol. The first kappa shape index (κ1) is 14.2. The molecule has 5 heteroatoms. The monoisotopic (exact) mass is 251 g/mol. The Hall–Kier alpha value is -1.85. The highest BCUT2D eigenvalue weighted by Gasteiger charge is 1.95.